The summed E-state index contributed by atoms with van der Waals surface area (Å²) in [5.74, 6) is -1.08. The summed E-state index contributed by atoms with van der Waals surface area (Å²) < 4.78 is 47.9. The number of alkyl halides is 3. The van der Waals surface area contributed by atoms with E-state index in [9.17, 15) is 27.6 Å². The van der Waals surface area contributed by atoms with E-state index in [0.29, 0.717) is 32.5 Å². The number of likely N-dealkylation sites (N-methyl/N-ethyl adjacent to an activating group) is 1. The third-order valence-electron chi connectivity index (χ3n) is 4.81. The molecule has 10 heteroatoms. The number of likely N-dealkylation sites (tertiary alicyclic amines) is 1. The zero-order chi connectivity index (χ0) is 22.3. The Morgan fingerprint density at radius 1 is 1.13 bits per heavy atom. The van der Waals surface area contributed by atoms with E-state index in [0.717, 1.165) is 24.3 Å². The minimum absolute atomic E-state index is 0.122. The van der Waals surface area contributed by atoms with Gasteiger partial charge in [0.2, 0.25) is 5.91 Å². The minimum Gasteiger partial charge on any atom is -0.484 e. The maximum Gasteiger partial charge on any atom is 0.416 e. The number of ether oxygens (including phenoxy) is 2. The molecule has 0 aliphatic carbocycles. The van der Waals surface area contributed by atoms with Crippen molar-refractivity contribution in [2.75, 3.05) is 39.9 Å². The second-order valence-electron chi connectivity index (χ2n) is 6.97. The van der Waals surface area contributed by atoms with Gasteiger partial charge in [0.1, 0.15) is 5.75 Å². The average molecular weight is 430 g/mol. The van der Waals surface area contributed by atoms with Crippen LogP contribution in [0.25, 0.3) is 0 Å². The van der Waals surface area contributed by atoms with Crippen molar-refractivity contribution in [2.24, 2.45) is 5.92 Å². The number of carbonyl (C=O) groups excluding carboxylic acids is 3. The van der Waals surface area contributed by atoms with Gasteiger partial charge < -0.3 is 19.3 Å². The molecule has 30 heavy (non-hydrogen) atoms. The molecule has 1 aromatic rings. The SMILES string of the molecule is CCOC(=O)C1CCN(C(=O)CN(C)C(=O)COc2ccc(C(F)(F)F)cc2)CC1. The number of carbonyl (C=O) groups is 3. The van der Waals surface area contributed by atoms with Crippen LogP contribution >= 0.6 is 0 Å². The van der Waals surface area contributed by atoms with Gasteiger partial charge in [-0.2, -0.15) is 13.2 Å². The Kier molecular flexibility index (Phi) is 8.08. The summed E-state index contributed by atoms with van der Waals surface area (Å²) in [6.07, 6.45) is -3.42. The van der Waals surface area contributed by atoms with Crippen LogP contribution in [0, 0.1) is 5.92 Å². The molecule has 166 valence electrons. The fraction of sp³-hybridized carbons (Fsp3) is 0.550. The molecular formula is C20H25F3N2O5. The molecule has 7 nitrogen and oxygen atoms in total. The number of amides is 2. The zero-order valence-electron chi connectivity index (χ0n) is 16.9. The predicted molar refractivity (Wildman–Crippen MR) is 101 cm³/mol. The first-order valence-corrected chi connectivity index (χ1v) is 9.60. The van der Waals surface area contributed by atoms with E-state index in [1.54, 1.807) is 11.8 Å². The van der Waals surface area contributed by atoms with E-state index < -0.39 is 24.3 Å². The molecule has 1 saturated heterocycles. The van der Waals surface area contributed by atoms with Crippen molar-refractivity contribution in [3.05, 3.63) is 29.8 Å². The van der Waals surface area contributed by atoms with E-state index >= 15 is 0 Å². The molecule has 0 spiro atoms. The lowest BCUT2D eigenvalue weighted by Gasteiger charge is -2.32. The van der Waals surface area contributed by atoms with Crippen molar-refractivity contribution in [1.82, 2.24) is 9.80 Å². The fourth-order valence-electron chi connectivity index (χ4n) is 3.01. The number of piperidine rings is 1. The molecule has 2 rings (SSSR count). The third-order valence-corrected chi connectivity index (χ3v) is 4.81. The molecule has 0 saturated carbocycles. The summed E-state index contributed by atoms with van der Waals surface area (Å²) in [5, 5.41) is 0. The third kappa shape index (κ3) is 6.64. The standard InChI is InChI=1S/C20H25F3N2O5/c1-3-29-19(28)14-8-10-25(11-9-14)17(26)12-24(2)18(27)13-30-16-6-4-15(5-7-16)20(21,22)23/h4-7,14H,3,8-13H2,1-2H3. The van der Waals surface area contributed by atoms with Gasteiger partial charge in [-0.25, -0.2) is 0 Å². The van der Waals surface area contributed by atoms with Crippen molar-refractivity contribution < 1.29 is 37.0 Å². The highest BCUT2D eigenvalue weighted by Gasteiger charge is 2.30. The summed E-state index contributed by atoms with van der Waals surface area (Å²) in [6, 6.07) is 4.00. The molecular weight excluding hydrogens is 405 g/mol. The number of rotatable bonds is 7. The van der Waals surface area contributed by atoms with Crippen LogP contribution < -0.4 is 4.74 Å². The Labute approximate surface area is 172 Å². The molecule has 0 N–H and O–H groups in total. The lowest BCUT2D eigenvalue weighted by molar-refractivity contribution is -0.151. The smallest absolute Gasteiger partial charge is 0.416 e. The van der Waals surface area contributed by atoms with Crippen LogP contribution in [0.4, 0.5) is 13.2 Å². The number of nitrogens with zero attached hydrogens (tertiary/aromatic N) is 2. The largest absolute Gasteiger partial charge is 0.484 e. The highest BCUT2D eigenvalue weighted by Crippen LogP contribution is 2.30. The highest BCUT2D eigenvalue weighted by atomic mass is 19.4. The lowest BCUT2D eigenvalue weighted by Crippen LogP contribution is -2.46. The Hall–Kier alpha value is -2.78. The predicted octanol–water partition coefficient (Wildman–Crippen LogP) is 2.34. The van der Waals surface area contributed by atoms with E-state index in [4.69, 9.17) is 9.47 Å². The normalized spacial score (nSPS) is 14.9. The number of benzene rings is 1. The first kappa shape index (κ1) is 23.5. The van der Waals surface area contributed by atoms with Gasteiger partial charge in [-0.05, 0) is 44.0 Å². The minimum atomic E-state index is -4.44. The van der Waals surface area contributed by atoms with Crippen LogP contribution in [0.15, 0.2) is 24.3 Å². The van der Waals surface area contributed by atoms with Gasteiger partial charge >= 0.3 is 12.1 Å². The Bertz CT molecular complexity index is 744. The highest BCUT2D eigenvalue weighted by molar-refractivity contribution is 5.85. The Morgan fingerprint density at radius 2 is 1.73 bits per heavy atom. The van der Waals surface area contributed by atoms with Gasteiger partial charge in [0.25, 0.3) is 5.91 Å². The Balaban J connectivity index is 1.76. The van der Waals surface area contributed by atoms with Gasteiger partial charge in [0.15, 0.2) is 6.61 Å². The van der Waals surface area contributed by atoms with Gasteiger partial charge in [-0.3, -0.25) is 14.4 Å². The summed E-state index contributed by atoms with van der Waals surface area (Å²) in [4.78, 5) is 39.1. The maximum atomic E-state index is 12.5. The molecule has 0 bridgehead atoms. The van der Waals surface area contributed by atoms with Crippen LogP contribution in [0.5, 0.6) is 5.75 Å². The van der Waals surface area contributed by atoms with Crippen LogP contribution in [-0.2, 0) is 25.3 Å². The molecule has 1 aliphatic rings. The number of esters is 1. The van der Waals surface area contributed by atoms with Gasteiger partial charge in [0.05, 0.1) is 24.6 Å². The molecule has 2 amide bonds. The molecule has 1 aromatic carbocycles. The summed E-state index contributed by atoms with van der Waals surface area (Å²) in [6.45, 7) is 2.32. The van der Waals surface area contributed by atoms with Crippen molar-refractivity contribution in [3.63, 3.8) is 0 Å². The second-order valence-corrected chi connectivity index (χ2v) is 6.97. The second kappa shape index (κ2) is 10.3. The molecule has 1 heterocycles. The first-order valence-electron chi connectivity index (χ1n) is 9.60. The van der Waals surface area contributed by atoms with Gasteiger partial charge in [0, 0.05) is 20.1 Å². The zero-order valence-corrected chi connectivity index (χ0v) is 16.9. The van der Waals surface area contributed by atoms with E-state index in [1.165, 1.54) is 11.9 Å². The quantitative estimate of drug-likeness (QED) is 0.621. The Morgan fingerprint density at radius 3 is 2.27 bits per heavy atom. The molecule has 0 unspecified atom stereocenters. The summed E-state index contributed by atoms with van der Waals surface area (Å²) >= 11 is 0. The number of hydrogen-bond donors (Lipinski definition) is 0. The summed E-state index contributed by atoms with van der Waals surface area (Å²) in [5.41, 5.74) is -0.810. The van der Waals surface area contributed by atoms with Crippen LogP contribution in [-0.4, -0.2) is 67.5 Å². The van der Waals surface area contributed by atoms with Crippen molar-refractivity contribution in [3.8, 4) is 5.75 Å². The molecule has 1 aliphatic heterocycles. The average Bonchev–Trinajstić information content (AvgIpc) is 2.71. The van der Waals surface area contributed by atoms with Gasteiger partial charge in [-0.1, -0.05) is 0 Å². The van der Waals surface area contributed by atoms with Crippen molar-refractivity contribution in [2.45, 2.75) is 25.9 Å². The van der Waals surface area contributed by atoms with E-state index in [-0.39, 0.29) is 30.1 Å². The number of hydrogen-bond acceptors (Lipinski definition) is 5. The van der Waals surface area contributed by atoms with Crippen molar-refractivity contribution >= 4 is 17.8 Å². The summed E-state index contributed by atoms with van der Waals surface area (Å²) in [7, 11) is 1.45. The molecule has 0 aromatic heterocycles. The molecule has 0 radical (unpaired) electrons. The van der Waals surface area contributed by atoms with Gasteiger partial charge in [-0.15, -0.1) is 0 Å². The fourth-order valence-corrected chi connectivity index (χ4v) is 3.01. The number of halogens is 3. The monoisotopic (exact) mass is 430 g/mol. The van der Waals surface area contributed by atoms with E-state index in [2.05, 4.69) is 0 Å². The maximum absolute atomic E-state index is 12.5. The topological polar surface area (TPSA) is 76.2 Å². The first-order chi connectivity index (χ1) is 14.1. The molecule has 0 atom stereocenters. The lowest BCUT2D eigenvalue weighted by atomic mass is 9.97. The van der Waals surface area contributed by atoms with Crippen LogP contribution in [0.2, 0.25) is 0 Å². The van der Waals surface area contributed by atoms with Crippen molar-refractivity contribution in [1.29, 1.82) is 0 Å². The molecule has 1 fully saturated rings. The van der Waals surface area contributed by atoms with E-state index in [1.807, 2.05) is 0 Å². The van der Waals surface area contributed by atoms with Crippen LogP contribution in [0.3, 0.4) is 0 Å². The van der Waals surface area contributed by atoms with Crippen LogP contribution in [0.1, 0.15) is 25.3 Å².